The van der Waals surface area contributed by atoms with E-state index in [0.29, 0.717) is 11.1 Å². The molecule has 0 amide bonds. The van der Waals surface area contributed by atoms with E-state index in [-0.39, 0.29) is 36.3 Å². The van der Waals surface area contributed by atoms with Crippen LogP contribution in [0.5, 0.6) is 0 Å². The third-order valence-corrected chi connectivity index (χ3v) is 5.05. The molecular formula is C14H16O6. The quantitative estimate of drug-likeness (QED) is 0.673. The predicted molar refractivity (Wildman–Crippen MR) is 64.6 cm³/mol. The molecule has 6 unspecified atom stereocenters. The van der Waals surface area contributed by atoms with Gasteiger partial charge in [-0.3, -0.25) is 0 Å². The summed E-state index contributed by atoms with van der Waals surface area (Å²) in [5.41, 5.74) is 0.670. The van der Waals surface area contributed by atoms with E-state index < -0.39 is 11.9 Å². The second kappa shape index (κ2) is 4.05. The van der Waals surface area contributed by atoms with E-state index in [4.69, 9.17) is 18.9 Å². The molecular weight excluding hydrogens is 264 g/mol. The van der Waals surface area contributed by atoms with Crippen LogP contribution in [0.25, 0.3) is 0 Å². The molecule has 6 heteroatoms. The highest BCUT2D eigenvalue weighted by Gasteiger charge is 2.67. The molecule has 0 saturated carbocycles. The molecule has 20 heavy (non-hydrogen) atoms. The van der Waals surface area contributed by atoms with Crippen LogP contribution >= 0.6 is 0 Å². The summed E-state index contributed by atoms with van der Waals surface area (Å²) < 4.78 is 21.5. The molecule has 4 aliphatic rings. The van der Waals surface area contributed by atoms with Gasteiger partial charge in [-0.05, 0) is 12.8 Å². The highest BCUT2D eigenvalue weighted by molar-refractivity contribution is 6.03. The molecule has 0 radical (unpaired) electrons. The van der Waals surface area contributed by atoms with Gasteiger partial charge in [0, 0.05) is 11.8 Å². The van der Waals surface area contributed by atoms with Gasteiger partial charge in [0.1, 0.15) is 0 Å². The summed E-state index contributed by atoms with van der Waals surface area (Å²) >= 11 is 0. The standard InChI is InChI=1S/C14H16O6/c1-17-13(15)9-10(14(16)18-2)12-8-6-4-3-5(19-6)7(8)11(9)20-12/h5-8,11-12H,3-4H2,1-2H3. The molecule has 3 saturated heterocycles. The van der Waals surface area contributed by atoms with E-state index in [1.54, 1.807) is 0 Å². The number of hydrogen-bond donors (Lipinski definition) is 0. The fourth-order valence-corrected chi connectivity index (χ4v) is 4.38. The number of esters is 2. The number of methoxy groups -OCH3 is 2. The minimum absolute atomic E-state index is 0.138. The predicted octanol–water partition coefficient (Wildman–Crippen LogP) is 0.204. The molecule has 0 aromatic heterocycles. The topological polar surface area (TPSA) is 71.1 Å². The number of ether oxygens (including phenoxy) is 4. The number of hydrogen-bond acceptors (Lipinski definition) is 6. The van der Waals surface area contributed by atoms with Crippen LogP contribution in [0.15, 0.2) is 11.1 Å². The van der Waals surface area contributed by atoms with Gasteiger partial charge in [0.25, 0.3) is 0 Å². The van der Waals surface area contributed by atoms with Gasteiger partial charge >= 0.3 is 11.9 Å². The van der Waals surface area contributed by atoms with Crippen LogP contribution in [0.3, 0.4) is 0 Å². The first-order valence-corrected chi connectivity index (χ1v) is 6.89. The van der Waals surface area contributed by atoms with Crippen molar-refractivity contribution in [1.82, 2.24) is 0 Å². The first-order valence-electron chi connectivity index (χ1n) is 6.89. The van der Waals surface area contributed by atoms with Gasteiger partial charge in [-0.1, -0.05) is 0 Å². The van der Waals surface area contributed by atoms with Gasteiger partial charge < -0.3 is 18.9 Å². The summed E-state index contributed by atoms with van der Waals surface area (Å²) in [6, 6.07) is 0. The molecule has 3 fully saturated rings. The third kappa shape index (κ3) is 1.31. The van der Waals surface area contributed by atoms with Crippen LogP contribution in [0.2, 0.25) is 0 Å². The molecule has 4 rings (SSSR count). The van der Waals surface area contributed by atoms with Gasteiger partial charge in [0.05, 0.1) is 49.8 Å². The maximum Gasteiger partial charge on any atom is 0.337 e. The van der Waals surface area contributed by atoms with Gasteiger partial charge in [-0.25, -0.2) is 9.59 Å². The second-order valence-corrected chi connectivity index (χ2v) is 5.73. The van der Waals surface area contributed by atoms with Crippen LogP contribution in [-0.2, 0) is 28.5 Å². The van der Waals surface area contributed by atoms with Crippen molar-refractivity contribution < 1.29 is 28.5 Å². The van der Waals surface area contributed by atoms with Crippen LogP contribution in [0.1, 0.15) is 12.8 Å². The van der Waals surface area contributed by atoms with Crippen LogP contribution < -0.4 is 0 Å². The van der Waals surface area contributed by atoms with E-state index >= 15 is 0 Å². The minimum Gasteiger partial charge on any atom is -0.466 e. The zero-order valence-corrected chi connectivity index (χ0v) is 11.3. The monoisotopic (exact) mass is 280 g/mol. The summed E-state index contributed by atoms with van der Waals surface area (Å²) in [7, 11) is 2.62. The Labute approximate surface area is 116 Å². The Morgan fingerprint density at radius 1 is 0.900 bits per heavy atom. The lowest BCUT2D eigenvalue weighted by Crippen LogP contribution is -2.40. The van der Waals surface area contributed by atoms with Gasteiger partial charge in [-0.15, -0.1) is 0 Å². The van der Waals surface area contributed by atoms with Crippen LogP contribution in [-0.4, -0.2) is 50.6 Å². The largest absolute Gasteiger partial charge is 0.466 e. The molecule has 0 N–H and O–H groups in total. The maximum absolute atomic E-state index is 12.0. The molecule has 0 aromatic rings. The zero-order chi connectivity index (χ0) is 14.0. The highest BCUT2D eigenvalue weighted by atomic mass is 16.6. The number of carbonyl (C=O) groups excluding carboxylic acids is 2. The van der Waals surface area contributed by atoms with Crippen molar-refractivity contribution in [2.45, 2.75) is 37.3 Å². The summed E-state index contributed by atoms with van der Waals surface area (Å²) in [5.74, 6) is -0.666. The SMILES string of the molecule is COC(=O)C1=C(C(=O)OC)C2OC1C1C3CCC(O3)C21. The van der Waals surface area contributed by atoms with E-state index in [9.17, 15) is 9.59 Å². The molecule has 4 aliphatic heterocycles. The second-order valence-electron chi connectivity index (χ2n) is 5.73. The zero-order valence-electron chi connectivity index (χ0n) is 11.3. The molecule has 0 spiro atoms. The van der Waals surface area contributed by atoms with Crippen molar-refractivity contribution in [3.63, 3.8) is 0 Å². The van der Waals surface area contributed by atoms with E-state index in [1.165, 1.54) is 14.2 Å². The first kappa shape index (κ1) is 12.3. The molecule has 0 aliphatic carbocycles. The Kier molecular flexibility index (Phi) is 2.50. The fraction of sp³-hybridized carbons (Fsp3) is 0.714. The molecule has 108 valence electrons. The number of rotatable bonds is 2. The van der Waals surface area contributed by atoms with Gasteiger partial charge in [-0.2, -0.15) is 0 Å². The summed E-state index contributed by atoms with van der Waals surface area (Å²) in [5, 5.41) is 0. The van der Waals surface area contributed by atoms with E-state index in [0.717, 1.165) is 12.8 Å². The Bertz CT molecular complexity index is 480. The minimum atomic E-state index is -0.501. The van der Waals surface area contributed by atoms with Crippen molar-refractivity contribution in [2.75, 3.05) is 14.2 Å². The van der Waals surface area contributed by atoms with Crippen molar-refractivity contribution in [3.05, 3.63) is 11.1 Å². The Hall–Kier alpha value is -1.40. The maximum atomic E-state index is 12.0. The molecule has 6 atom stereocenters. The van der Waals surface area contributed by atoms with Crippen LogP contribution in [0.4, 0.5) is 0 Å². The molecule has 4 bridgehead atoms. The van der Waals surface area contributed by atoms with Gasteiger partial charge in [0.15, 0.2) is 0 Å². The lowest BCUT2D eigenvalue weighted by molar-refractivity contribution is -0.139. The van der Waals surface area contributed by atoms with E-state index in [2.05, 4.69) is 0 Å². The average Bonchev–Trinajstić information content (AvgIpc) is 3.20. The summed E-state index contributed by atoms with van der Waals surface area (Å²) in [4.78, 5) is 24.0. The Morgan fingerprint density at radius 2 is 1.35 bits per heavy atom. The summed E-state index contributed by atoms with van der Waals surface area (Å²) in [6.07, 6.45) is 1.50. The molecule has 4 heterocycles. The van der Waals surface area contributed by atoms with Crippen molar-refractivity contribution in [3.8, 4) is 0 Å². The first-order chi connectivity index (χ1) is 9.67. The Balaban J connectivity index is 1.79. The summed E-state index contributed by atoms with van der Waals surface area (Å²) in [6.45, 7) is 0. The lowest BCUT2D eigenvalue weighted by Gasteiger charge is -2.29. The highest BCUT2D eigenvalue weighted by Crippen LogP contribution is 2.58. The normalized spacial score (nSPS) is 43.9. The molecule has 6 nitrogen and oxygen atoms in total. The van der Waals surface area contributed by atoms with Crippen LogP contribution in [0, 0.1) is 11.8 Å². The lowest BCUT2D eigenvalue weighted by atomic mass is 9.69. The van der Waals surface area contributed by atoms with E-state index in [1.807, 2.05) is 0 Å². The van der Waals surface area contributed by atoms with Gasteiger partial charge in [0.2, 0.25) is 0 Å². The third-order valence-electron chi connectivity index (χ3n) is 5.05. The smallest absolute Gasteiger partial charge is 0.337 e. The number of fused-ring (bicyclic) bond motifs is 9. The fourth-order valence-electron chi connectivity index (χ4n) is 4.38. The number of carbonyl (C=O) groups is 2. The Morgan fingerprint density at radius 3 is 1.75 bits per heavy atom. The van der Waals surface area contributed by atoms with Crippen molar-refractivity contribution in [1.29, 1.82) is 0 Å². The van der Waals surface area contributed by atoms with Crippen molar-refractivity contribution in [2.24, 2.45) is 11.8 Å². The average molecular weight is 280 g/mol. The molecule has 0 aromatic carbocycles. The van der Waals surface area contributed by atoms with Crippen molar-refractivity contribution >= 4 is 11.9 Å².